The summed E-state index contributed by atoms with van der Waals surface area (Å²) in [6.45, 7) is 2.11. The molecule has 2 N–H and O–H groups in total. The van der Waals surface area contributed by atoms with Crippen molar-refractivity contribution in [1.29, 1.82) is 0 Å². The van der Waals surface area contributed by atoms with Gasteiger partial charge in [0.25, 0.3) is 0 Å². The third-order valence-electron chi connectivity index (χ3n) is 5.38. The lowest BCUT2D eigenvalue weighted by atomic mass is 9.75. The molecule has 0 spiro atoms. The summed E-state index contributed by atoms with van der Waals surface area (Å²) in [7, 11) is 0. The minimum Gasteiger partial charge on any atom is -0.327 e. The molecule has 2 aliphatic rings. The van der Waals surface area contributed by atoms with E-state index >= 15 is 0 Å². The van der Waals surface area contributed by atoms with Gasteiger partial charge in [0.1, 0.15) is 0 Å². The van der Waals surface area contributed by atoms with Crippen molar-refractivity contribution in [1.82, 2.24) is 0 Å². The second-order valence-corrected chi connectivity index (χ2v) is 6.64. The van der Waals surface area contributed by atoms with Crippen molar-refractivity contribution in [2.24, 2.45) is 17.6 Å². The van der Waals surface area contributed by atoms with E-state index in [0.29, 0.717) is 23.8 Å². The summed E-state index contributed by atoms with van der Waals surface area (Å²) in [5.41, 5.74) is 8.04. The van der Waals surface area contributed by atoms with E-state index in [1.165, 1.54) is 0 Å². The number of nitrogens with two attached hydrogens (primary N) is 1. The summed E-state index contributed by atoms with van der Waals surface area (Å²) < 4.78 is 40.5. The van der Waals surface area contributed by atoms with Gasteiger partial charge in [-0.15, -0.1) is 0 Å². The molecule has 0 aromatic heterocycles. The molecule has 1 atom stereocenters. The first-order valence-corrected chi connectivity index (χ1v) is 8.13. The fourth-order valence-electron chi connectivity index (χ4n) is 3.93. The molecule has 3 rings (SSSR count). The number of hydrogen-bond donors (Lipinski definition) is 1. The Balaban J connectivity index is 1.73. The fraction of sp³-hybridized carbons (Fsp3) is 0.556. The molecular formula is C18H22F3N. The van der Waals surface area contributed by atoms with E-state index in [4.69, 9.17) is 5.73 Å². The Bertz CT molecular complexity index is 601. The van der Waals surface area contributed by atoms with E-state index < -0.39 is 17.5 Å². The van der Waals surface area contributed by atoms with Crippen LogP contribution in [0.15, 0.2) is 11.6 Å². The maximum absolute atomic E-state index is 13.8. The normalized spacial score (nSPS) is 25.8. The van der Waals surface area contributed by atoms with Crippen LogP contribution in [0.4, 0.5) is 13.2 Å². The van der Waals surface area contributed by atoms with Crippen LogP contribution in [0.25, 0.3) is 6.08 Å². The minimum atomic E-state index is -1.37. The monoisotopic (exact) mass is 309 g/mol. The third kappa shape index (κ3) is 2.69. The Morgan fingerprint density at radius 3 is 2.45 bits per heavy atom. The van der Waals surface area contributed by atoms with Crippen LogP contribution in [0.1, 0.15) is 50.2 Å². The van der Waals surface area contributed by atoms with Crippen molar-refractivity contribution in [3.8, 4) is 0 Å². The van der Waals surface area contributed by atoms with Gasteiger partial charge in [-0.25, -0.2) is 13.2 Å². The van der Waals surface area contributed by atoms with Gasteiger partial charge in [0.05, 0.1) is 0 Å². The molecule has 1 saturated carbocycles. The van der Waals surface area contributed by atoms with E-state index in [1.54, 1.807) is 6.08 Å². The van der Waals surface area contributed by atoms with Crippen molar-refractivity contribution in [2.75, 3.05) is 0 Å². The van der Waals surface area contributed by atoms with Gasteiger partial charge in [0.15, 0.2) is 17.5 Å². The Labute approximate surface area is 129 Å². The van der Waals surface area contributed by atoms with Gasteiger partial charge in [-0.05, 0) is 62.0 Å². The third-order valence-corrected chi connectivity index (χ3v) is 5.38. The summed E-state index contributed by atoms with van der Waals surface area (Å²) in [4.78, 5) is 0. The molecule has 0 saturated heterocycles. The number of allylic oxidation sites excluding steroid dienone is 1. The number of halogens is 3. The second kappa shape index (κ2) is 6.07. The van der Waals surface area contributed by atoms with E-state index in [2.05, 4.69) is 6.92 Å². The first-order valence-electron chi connectivity index (χ1n) is 8.13. The quantitative estimate of drug-likeness (QED) is 0.812. The second-order valence-electron chi connectivity index (χ2n) is 6.64. The average Bonchev–Trinajstić information content (AvgIpc) is 2.96. The zero-order valence-electron chi connectivity index (χ0n) is 12.8. The van der Waals surface area contributed by atoms with Crippen molar-refractivity contribution in [2.45, 2.75) is 51.5 Å². The van der Waals surface area contributed by atoms with Crippen molar-refractivity contribution in [3.63, 3.8) is 0 Å². The highest BCUT2D eigenvalue weighted by atomic mass is 19.2. The molecule has 1 nitrogen and oxygen atoms in total. The summed E-state index contributed by atoms with van der Waals surface area (Å²) >= 11 is 0. The van der Waals surface area contributed by atoms with Gasteiger partial charge in [0.2, 0.25) is 0 Å². The number of benzene rings is 1. The molecule has 0 aliphatic heterocycles. The van der Waals surface area contributed by atoms with E-state index in [0.717, 1.165) is 43.7 Å². The zero-order valence-corrected chi connectivity index (χ0v) is 12.8. The standard InChI is InChI=1S/C18H22F3N/c1-2-16(22)11-5-3-10(4-6-11)12-7-13-9-15(19)18(21)17(20)14(13)8-12/h8-11,16H,2-7,22H2,1H3. The lowest BCUT2D eigenvalue weighted by Crippen LogP contribution is -2.32. The molecule has 1 aromatic rings. The first-order chi connectivity index (χ1) is 10.5. The highest BCUT2D eigenvalue weighted by Gasteiger charge is 2.30. The molecule has 0 heterocycles. The van der Waals surface area contributed by atoms with Gasteiger partial charge >= 0.3 is 0 Å². The smallest absolute Gasteiger partial charge is 0.195 e. The van der Waals surface area contributed by atoms with E-state index in [9.17, 15) is 13.2 Å². The van der Waals surface area contributed by atoms with Crippen molar-refractivity contribution in [3.05, 3.63) is 40.2 Å². The SMILES string of the molecule is CCC(N)C1CCC(C2=Cc3c(cc(F)c(F)c3F)C2)CC1. The van der Waals surface area contributed by atoms with Crippen LogP contribution in [-0.2, 0) is 6.42 Å². The molecule has 0 amide bonds. The van der Waals surface area contributed by atoms with Gasteiger partial charge in [-0.1, -0.05) is 18.6 Å². The lowest BCUT2D eigenvalue weighted by molar-refractivity contribution is 0.259. The Hall–Kier alpha value is -1.29. The predicted molar refractivity (Wildman–Crippen MR) is 81.7 cm³/mol. The van der Waals surface area contributed by atoms with E-state index in [1.807, 2.05) is 0 Å². The molecular weight excluding hydrogens is 287 g/mol. The Kier molecular flexibility index (Phi) is 4.31. The fourth-order valence-corrected chi connectivity index (χ4v) is 3.93. The Morgan fingerprint density at radius 1 is 1.14 bits per heavy atom. The maximum atomic E-state index is 13.8. The number of hydrogen-bond acceptors (Lipinski definition) is 1. The van der Waals surface area contributed by atoms with Gasteiger partial charge in [-0.2, -0.15) is 0 Å². The average molecular weight is 309 g/mol. The van der Waals surface area contributed by atoms with E-state index in [-0.39, 0.29) is 11.6 Å². The molecule has 1 aromatic carbocycles. The zero-order chi connectivity index (χ0) is 15.9. The van der Waals surface area contributed by atoms with Crippen LogP contribution in [0.5, 0.6) is 0 Å². The van der Waals surface area contributed by atoms with Gasteiger partial charge in [-0.3, -0.25) is 0 Å². The molecule has 0 bridgehead atoms. The molecule has 2 aliphatic carbocycles. The van der Waals surface area contributed by atoms with Crippen LogP contribution in [-0.4, -0.2) is 6.04 Å². The first kappa shape index (κ1) is 15.6. The van der Waals surface area contributed by atoms with Gasteiger partial charge in [0, 0.05) is 11.6 Å². The molecule has 120 valence electrons. The van der Waals surface area contributed by atoms with Crippen LogP contribution in [0, 0.1) is 29.3 Å². The van der Waals surface area contributed by atoms with Crippen molar-refractivity contribution < 1.29 is 13.2 Å². The molecule has 1 fully saturated rings. The molecule has 1 unspecified atom stereocenters. The highest BCUT2D eigenvalue weighted by molar-refractivity contribution is 5.65. The molecule has 0 radical (unpaired) electrons. The molecule has 22 heavy (non-hydrogen) atoms. The predicted octanol–water partition coefficient (Wildman–Crippen LogP) is 4.59. The summed E-state index contributed by atoms with van der Waals surface area (Å²) in [6, 6.07) is 1.40. The number of rotatable bonds is 3. The van der Waals surface area contributed by atoms with Crippen molar-refractivity contribution >= 4 is 6.08 Å². The molecule has 4 heteroatoms. The van der Waals surface area contributed by atoms with Crippen LogP contribution >= 0.6 is 0 Å². The largest absolute Gasteiger partial charge is 0.327 e. The lowest BCUT2D eigenvalue weighted by Gasteiger charge is -2.32. The van der Waals surface area contributed by atoms with Gasteiger partial charge < -0.3 is 5.73 Å². The topological polar surface area (TPSA) is 26.0 Å². The van der Waals surface area contributed by atoms with Crippen LogP contribution < -0.4 is 5.73 Å². The summed E-state index contributed by atoms with van der Waals surface area (Å²) in [6.07, 6.45) is 7.50. The summed E-state index contributed by atoms with van der Waals surface area (Å²) in [5, 5.41) is 0. The maximum Gasteiger partial charge on any atom is 0.195 e. The highest BCUT2D eigenvalue weighted by Crippen LogP contribution is 2.40. The summed E-state index contributed by atoms with van der Waals surface area (Å²) in [5.74, 6) is -2.56. The Morgan fingerprint density at radius 2 is 1.82 bits per heavy atom. The number of fused-ring (bicyclic) bond motifs is 1. The van der Waals surface area contributed by atoms with Crippen LogP contribution in [0.2, 0.25) is 0 Å². The van der Waals surface area contributed by atoms with Crippen LogP contribution in [0.3, 0.4) is 0 Å². The minimum absolute atomic E-state index is 0.237.